The molecule has 3 aromatic carbocycles. The van der Waals surface area contributed by atoms with Gasteiger partial charge in [0, 0.05) is 56.6 Å². The van der Waals surface area contributed by atoms with E-state index in [1.807, 2.05) is 34.2 Å². The van der Waals surface area contributed by atoms with Crippen molar-refractivity contribution in [3.8, 4) is 22.5 Å². The Labute approximate surface area is 250 Å². The Morgan fingerprint density at radius 1 is 0.886 bits per heavy atom. The molecular weight excluding hydrogens is 569 g/mol. The van der Waals surface area contributed by atoms with Crippen molar-refractivity contribution in [1.29, 1.82) is 0 Å². The van der Waals surface area contributed by atoms with Crippen LogP contribution in [0.1, 0.15) is 5.69 Å². The van der Waals surface area contributed by atoms with Crippen LogP contribution in [0.5, 0.6) is 0 Å². The molecular formula is C32H27F3N8O. The van der Waals surface area contributed by atoms with Crippen LogP contribution in [0, 0.1) is 17.5 Å². The molecule has 0 radical (unpaired) electrons. The third-order valence-electron chi connectivity index (χ3n) is 8.01. The number of nitrogens with zero attached hydrogens (tertiary/aromatic N) is 7. The molecule has 1 fully saturated rings. The normalized spacial score (nSPS) is 13.7. The molecule has 4 heterocycles. The Kier molecular flexibility index (Phi) is 6.68. The van der Waals surface area contributed by atoms with Crippen molar-refractivity contribution in [2.24, 2.45) is 7.05 Å². The van der Waals surface area contributed by atoms with E-state index in [-0.39, 0.29) is 24.0 Å². The summed E-state index contributed by atoms with van der Waals surface area (Å²) in [5.74, 6) is -1.58. The highest BCUT2D eigenvalue weighted by molar-refractivity contribution is 5.88. The number of nitrogens with two attached hydrogens (primary N) is 1. The molecule has 1 aliphatic heterocycles. The topological polar surface area (TPSA) is 97.6 Å². The number of piperazine rings is 1. The summed E-state index contributed by atoms with van der Waals surface area (Å²) in [6.07, 6.45) is 3.55. The van der Waals surface area contributed by atoms with E-state index in [1.54, 1.807) is 34.5 Å². The number of benzene rings is 3. The summed E-state index contributed by atoms with van der Waals surface area (Å²) in [7, 11) is 1.91. The van der Waals surface area contributed by atoms with E-state index < -0.39 is 11.6 Å². The molecule has 0 atom stereocenters. The van der Waals surface area contributed by atoms with Crippen molar-refractivity contribution in [1.82, 2.24) is 28.8 Å². The molecule has 0 saturated carbocycles. The van der Waals surface area contributed by atoms with Crippen molar-refractivity contribution < 1.29 is 18.0 Å². The second-order valence-electron chi connectivity index (χ2n) is 10.8. The lowest BCUT2D eigenvalue weighted by atomic mass is 10.0. The van der Waals surface area contributed by atoms with Gasteiger partial charge in [-0.2, -0.15) is 0 Å². The smallest absolute Gasteiger partial charge is 0.228 e. The predicted octanol–water partition coefficient (Wildman–Crippen LogP) is 4.84. The van der Waals surface area contributed by atoms with E-state index in [0.717, 1.165) is 22.7 Å². The molecule has 12 heteroatoms. The standard InChI is InChI=1S/C32H27F3N8O/c1-40-18-37-25-8-4-20(14-27(25)40)30-29(19-2-5-21(33)6-3-19)39-31(36)32-38-23(17-43(30)32)16-28(44)42-12-10-41(11-13-42)26-9-7-22(34)15-24(26)35/h2-9,14-15,17-18H,10-13,16H2,1H3,(H2,36,39). The van der Waals surface area contributed by atoms with Crippen LogP contribution >= 0.6 is 0 Å². The summed E-state index contributed by atoms with van der Waals surface area (Å²) in [6, 6.07) is 15.4. The average molecular weight is 597 g/mol. The van der Waals surface area contributed by atoms with Gasteiger partial charge in [-0.25, -0.2) is 28.1 Å². The highest BCUT2D eigenvalue weighted by atomic mass is 19.1. The number of hydrogen-bond acceptors (Lipinski definition) is 6. The first-order chi connectivity index (χ1) is 21.2. The second kappa shape index (κ2) is 10.7. The van der Waals surface area contributed by atoms with Crippen molar-refractivity contribution >= 4 is 34.1 Å². The van der Waals surface area contributed by atoms with Gasteiger partial charge in [0.1, 0.15) is 17.5 Å². The number of carbonyl (C=O) groups is 1. The number of imidazole rings is 2. The number of halogens is 3. The number of fused-ring (bicyclic) bond motifs is 2. The van der Waals surface area contributed by atoms with E-state index in [1.165, 1.54) is 24.3 Å². The number of rotatable bonds is 5. The minimum absolute atomic E-state index is 0.0259. The maximum Gasteiger partial charge on any atom is 0.228 e. The number of aryl methyl sites for hydroxylation is 1. The van der Waals surface area contributed by atoms with Gasteiger partial charge in [-0.15, -0.1) is 0 Å². The molecule has 1 saturated heterocycles. The number of hydrogen-bond donors (Lipinski definition) is 1. The lowest BCUT2D eigenvalue weighted by Crippen LogP contribution is -2.49. The molecule has 2 N–H and O–H groups in total. The SMILES string of the molecule is Cn1cnc2ccc(-c3c(-c4ccc(F)cc4)nc(N)c4nc(CC(=O)N5CCN(c6ccc(F)cc6F)CC5)cn34)cc21. The van der Waals surface area contributed by atoms with E-state index in [4.69, 9.17) is 10.7 Å². The monoisotopic (exact) mass is 596 g/mol. The maximum atomic E-state index is 14.3. The van der Waals surface area contributed by atoms with Gasteiger partial charge >= 0.3 is 0 Å². The molecule has 1 aliphatic rings. The van der Waals surface area contributed by atoms with Crippen LogP contribution in [-0.4, -0.2) is 60.9 Å². The summed E-state index contributed by atoms with van der Waals surface area (Å²) >= 11 is 0. The van der Waals surface area contributed by atoms with Crippen molar-refractivity contribution in [2.45, 2.75) is 6.42 Å². The number of nitrogen functional groups attached to an aromatic ring is 1. The van der Waals surface area contributed by atoms with Crippen LogP contribution in [0.3, 0.4) is 0 Å². The van der Waals surface area contributed by atoms with Crippen LogP contribution in [0.15, 0.2) is 73.2 Å². The minimum Gasteiger partial charge on any atom is -0.381 e. The molecule has 0 spiro atoms. The van der Waals surface area contributed by atoms with Gasteiger partial charge in [0.05, 0.1) is 46.6 Å². The Bertz CT molecular complexity index is 2050. The van der Waals surface area contributed by atoms with E-state index in [0.29, 0.717) is 60.2 Å². The third kappa shape index (κ3) is 4.87. The largest absolute Gasteiger partial charge is 0.381 e. The van der Waals surface area contributed by atoms with Gasteiger partial charge in [0.25, 0.3) is 0 Å². The molecule has 0 unspecified atom stereocenters. The quantitative estimate of drug-likeness (QED) is 0.306. The molecule has 9 nitrogen and oxygen atoms in total. The van der Waals surface area contributed by atoms with Crippen LogP contribution in [-0.2, 0) is 18.3 Å². The van der Waals surface area contributed by atoms with Gasteiger partial charge in [0.2, 0.25) is 5.91 Å². The van der Waals surface area contributed by atoms with E-state index >= 15 is 0 Å². The average Bonchev–Trinajstić information content (AvgIpc) is 3.61. The van der Waals surface area contributed by atoms with Gasteiger partial charge in [0.15, 0.2) is 11.5 Å². The summed E-state index contributed by atoms with van der Waals surface area (Å²) < 4.78 is 45.2. The first-order valence-electron chi connectivity index (χ1n) is 14.1. The van der Waals surface area contributed by atoms with Crippen LogP contribution in [0.2, 0.25) is 0 Å². The fourth-order valence-corrected chi connectivity index (χ4v) is 5.76. The van der Waals surface area contributed by atoms with Crippen molar-refractivity contribution in [2.75, 3.05) is 36.8 Å². The molecule has 6 aromatic rings. The Balaban J connectivity index is 1.22. The van der Waals surface area contributed by atoms with Crippen LogP contribution < -0.4 is 10.6 Å². The fraction of sp³-hybridized carbons (Fsp3) is 0.188. The first-order valence-corrected chi connectivity index (χ1v) is 14.1. The fourth-order valence-electron chi connectivity index (χ4n) is 5.76. The number of amides is 1. The van der Waals surface area contributed by atoms with E-state index in [9.17, 15) is 18.0 Å². The molecule has 1 amide bonds. The second-order valence-corrected chi connectivity index (χ2v) is 10.8. The number of carbonyl (C=O) groups excluding carboxylic acids is 1. The zero-order valence-electron chi connectivity index (χ0n) is 23.7. The van der Waals surface area contributed by atoms with Gasteiger partial charge < -0.3 is 20.1 Å². The van der Waals surface area contributed by atoms with Crippen molar-refractivity contribution in [3.63, 3.8) is 0 Å². The lowest BCUT2D eigenvalue weighted by Gasteiger charge is -2.36. The Morgan fingerprint density at radius 3 is 2.36 bits per heavy atom. The van der Waals surface area contributed by atoms with Gasteiger partial charge in [-0.05, 0) is 48.5 Å². The molecule has 7 rings (SSSR count). The number of aromatic nitrogens is 5. The summed E-state index contributed by atoms with van der Waals surface area (Å²) in [4.78, 5) is 30.7. The first kappa shape index (κ1) is 27.4. The number of anilines is 2. The zero-order chi connectivity index (χ0) is 30.5. The molecule has 222 valence electrons. The molecule has 44 heavy (non-hydrogen) atoms. The lowest BCUT2D eigenvalue weighted by molar-refractivity contribution is -0.130. The molecule has 3 aromatic heterocycles. The van der Waals surface area contributed by atoms with Crippen LogP contribution in [0.25, 0.3) is 39.2 Å². The van der Waals surface area contributed by atoms with Gasteiger partial charge in [-0.3, -0.25) is 9.20 Å². The van der Waals surface area contributed by atoms with Crippen molar-refractivity contribution in [3.05, 3.63) is 96.3 Å². The summed E-state index contributed by atoms with van der Waals surface area (Å²) in [5, 5.41) is 0. The summed E-state index contributed by atoms with van der Waals surface area (Å²) in [5.41, 5.74) is 12.1. The van der Waals surface area contributed by atoms with E-state index in [2.05, 4.69) is 9.97 Å². The zero-order valence-corrected chi connectivity index (χ0v) is 23.7. The van der Waals surface area contributed by atoms with Gasteiger partial charge in [-0.1, -0.05) is 6.07 Å². The third-order valence-corrected chi connectivity index (χ3v) is 8.01. The Morgan fingerprint density at radius 2 is 1.61 bits per heavy atom. The molecule has 0 bridgehead atoms. The minimum atomic E-state index is -0.631. The van der Waals surface area contributed by atoms with Crippen LogP contribution in [0.4, 0.5) is 24.7 Å². The highest BCUT2D eigenvalue weighted by Crippen LogP contribution is 2.35. The predicted molar refractivity (Wildman–Crippen MR) is 161 cm³/mol. The molecule has 0 aliphatic carbocycles. The summed E-state index contributed by atoms with van der Waals surface area (Å²) in [6.45, 7) is 1.60. The Hall–Kier alpha value is -5.39. The maximum absolute atomic E-state index is 14.3. The highest BCUT2D eigenvalue weighted by Gasteiger charge is 2.25.